The molecule has 3 aromatic heterocycles. The Kier molecular flexibility index (Phi) is 4.95. The smallest absolute Gasteiger partial charge is 0.276 e. The van der Waals surface area contributed by atoms with Crippen LogP contribution in [0.2, 0.25) is 0 Å². The Balaban J connectivity index is 1.45. The van der Waals surface area contributed by atoms with Crippen molar-refractivity contribution in [3.63, 3.8) is 0 Å². The van der Waals surface area contributed by atoms with Gasteiger partial charge in [-0.2, -0.15) is 5.10 Å². The van der Waals surface area contributed by atoms with Crippen LogP contribution in [0.3, 0.4) is 0 Å². The van der Waals surface area contributed by atoms with Crippen LogP contribution in [-0.4, -0.2) is 44.3 Å². The molecule has 0 saturated carbocycles. The number of aromatic nitrogens is 4. The van der Waals surface area contributed by atoms with E-state index < -0.39 is 0 Å². The number of carbonyl (C=O) groups is 1. The number of amides is 1. The van der Waals surface area contributed by atoms with Crippen molar-refractivity contribution in [1.29, 1.82) is 0 Å². The van der Waals surface area contributed by atoms with Crippen molar-refractivity contribution < 1.29 is 9.90 Å². The number of pyridine rings is 2. The zero-order valence-electron chi connectivity index (χ0n) is 16.9. The van der Waals surface area contributed by atoms with Crippen LogP contribution in [0.5, 0.6) is 5.88 Å². The molecule has 0 aliphatic carbocycles. The van der Waals surface area contributed by atoms with Crippen molar-refractivity contribution >= 4 is 28.2 Å². The summed E-state index contributed by atoms with van der Waals surface area (Å²) in [5, 5.41) is 19.9. The largest absolute Gasteiger partial charge is 0.493 e. The highest BCUT2D eigenvalue weighted by atomic mass is 16.3. The Morgan fingerprint density at radius 3 is 2.68 bits per heavy atom. The maximum absolute atomic E-state index is 12.8. The fourth-order valence-corrected chi connectivity index (χ4v) is 3.93. The second kappa shape index (κ2) is 8.06. The van der Waals surface area contributed by atoms with E-state index in [0.29, 0.717) is 11.4 Å². The van der Waals surface area contributed by atoms with Crippen LogP contribution in [0.4, 0.5) is 11.4 Å². The van der Waals surface area contributed by atoms with E-state index in [1.165, 1.54) is 31.5 Å². The van der Waals surface area contributed by atoms with Gasteiger partial charge in [0.05, 0.1) is 29.3 Å². The number of rotatable bonds is 4. The molecule has 0 spiro atoms. The highest BCUT2D eigenvalue weighted by Gasteiger charge is 2.16. The van der Waals surface area contributed by atoms with Gasteiger partial charge in [0.15, 0.2) is 5.69 Å². The van der Waals surface area contributed by atoms with Crippen LogP contribution in [0.25, 0.3) is 22.0 Å². The van der Waals surface area contributed by atoms with E-state index in [1.807, 2.05) is 30.6 Å². The predicted octanol–water partition coefficient (Wildman–Crippen LogP) is 3.97. The van der Waals surface area contributed by atoms with Crippen LogP contribution in [-0.2, 0) is 0 Å². The lowest BCUT2D eigenvalue weighted by Crippen LogP contribution is -2.29. The number of carbonyl (C=O) groups excluding carboxylic acids is 1. The summed E-state index contributed by atoms with van der Waals surface area (Å²) in [6.07, 6.45) is 8.85. The summed E-state index contributed by atoms with van der Waals surface area (Å²) in [5.74, 6) is -0.454. The van der Waals surface area contributed by atoms with Crippen LogP contribution in [0, 0.1) is 0 Å². The number of aromatic hydroxyl groups is 1. The molecule has 1 aliphatic heterocycles. The number of hydrogen-bond acceptors (Lipinski definition) is 6. The van der Waals surface area contributed by atoms with Gasteiger partial charge < -0.3 is 15.3 Å². The van der Waals surface area contributed by atoms with Gasteiger partial charge in [-0.1, -0.05) is 6.07 Å². The van der Waals surface area contributed by atoms with Crippen molar-refractivity contribution in [2.75, 3.05) is 23.3 Å². The van der Waals surface area contributed by atoms with Gasteiger partial charge in [-0.15, -0.1) is 0 Å². The van der Waals surface area contributed by atoms with Gasteiger partial charge in [-0.05, 0) is 49.1 Å². The Labute approximate surface area is 179 Å². The number of hydrogen-bond donors (Lipinski definition) is 3. The molecule has 1 aliphatic rings. The quantitative estimate of drug-likeness (QED) is 0.466. The van der Waals surface area contributed by atoms with Crippen LogP contribution >= 0.6 is 0 Å². The van der Waals surface area contributed by atoms with Crippen molar-refractivity contribution in [2.24, 2.45) is 0 Å². The highest BCUT2D eigenvalue weighted by molar-refractivity contribution is 6.11. The molecule has 1 saturated heterocycles. The molecule has 5 rings (SSSR count). The molecule has 8 nitrogen and oxygen atoms in total. The van der Waals surface area contributed by atoms with Gasteiger partial charge in [0.2, 0.25) is 5.88 Å². The zero-order valence-corrected chi connectivity index (χ0v) is 16.9. The molecule has 0 radical (unpaired) electrons. The molecule has 4 heterocycles. The second-order valence-electron chi connectivity index (χ2n) is 7.67. The molecule has 1 fully saturated rings. The molecule has 1 aromatic carbocycles. The van der Waals surface area contributed by atoms with Crippen LogP contribution in [0.15, 0.2) is 55.0 Å². The van der Waals surface area contributed by atoms with Gasteiger partial charge in [0.1, 0.15) is 0 Å². The summed E-state index contributed by atoms with van der Waals surface area (Å²) in [6, 6.07) is 11.0. The van der Waals surface area contributed by atoms with Gasteiger partial charge in [-0.3, -0.25) is 14.9 Å². The molecule has 8 heteroatoms. The molecule has 156 valence electrons. The molecule has 0 atom stereocenters. The third-order valence-corrected chi connectivity index (χ3v) is 5.56. The van der Waals surface area contributed by atoms with Gasteiger partial charge in [0, 0.05) is 36.3 Å². The summed E-state index contributed by atoms with van der Waals surface area (Å²) in [7, 11) is 0. The fourth-order valence-electron chi connectivity index (χ4n) is 3.93. The molecular weight excluding hydrogens is 392 g/mol. The Hall–Kier alpha value is -3.94. The maximum Gasteiger partial charge on any atom is 0.276 e. The van der Waals surface area contributed by atoms with E-state index in [4.69, 9.17) is 0 Å². The number of piperidine rings is 1. The minimum atomic E-state index is -0.351. The average molecular weight is 414 g/mol. The van der Waals surface area contributed by atoms with E-state index in [0.717, 1.165) is 40.8 Å². The number of aromatic amines is 1. The lowest BCUT2D eigenvalue weighted by molar-refractivity contribution is 0.102. The summed E-state index contributed by atoms with van der Waals surface area (Å²) in [4.78, 5) is 23.4. The lowest BCUT2D eigenvalue weighted by Gasteiger charge is -2.28. The van der Waals surface area contributed by atoms with Crippen molar-refractivity contribution in [1.82, 2.24) is 20.2 Å². The highest BCUT2D eigenvalue weighted by Crippen LogP contribution is 2.29. The Morgan fingerprint density at radius 1 is 1.00 bits per heavy atom. The lowest BCUT2D eigenvalue weighted by atomic mass is 10.0. The van der Waals surface area contributed by atoms with E-state index in [1.54, 1.807) is 6.07 Å². The SMILES string of the molecule is O=C(Nc1ccc(O)nc1)c1n[nH]c2ccc(-c3cncc(N4CCCCC4)c3)cc12. The summed E-state index contributed by atoms with van der Waals surface area (Å²) in [5.41, 5.74) is 4.65. The van der Waals surface area contributed by atoms with Gasteiger partial charge in [-0.25, -0.2) is 4.98 Å². The normalized spacial score (nSPS) is 14.0. The predicted molar refractivity (Wildman–Crippen MR) is 119 cm³/mol. The monoisotopic (exact) mass is 414 g/mol. The van der Waals surface area contributed by atoms with E-state index in [2.05, 4.69) is 36.4 Å². The zero-order chi connectivity index (χ0) is 21.2. The third kappa shape index (κ3) is 3.92. The molecule has 0 bridgehead atoms. The van der Waals surface area contributed by atoms with Gasteiger partial charge in [0.25, 0.3) is 5.91 Å². The Morgan fingerprint density at radius 2 is 1.87 bits per heavy atom. The van der Waals surface area contributed by atoms with E-state index >= 15 is 0 Å². The summed E-state index contributed by atoms with van der Waals surface area (Å²) in [6.45, 7) is 2.12. The van der Waals surface area contributed by atoms with Crippen molar-refractivity contribution in [3.8, 4) is 17.0 Å². The molecule has 4 aromatic rings. The van der Waals surface area contributed by atoms with Crippen molar-refractivity contribution in [3.05, 3.63) is 60.7 Å². The van der Waals surface area contributed by atoms with Crippen LogP contribution in [0.1, 0.15) is 29.8 Å². The molecule has 31 heavy (non-hydrogen) atoms. The third-order valence-electron chi connectivity index (χ3n) is 5.56. The first kappa shape index (κ1) is 19.0. The molecule has 1 amide bonds. The summed E-state index contributed by atoms with van der Waals surface area (Å²) >= 11 is 0. The molecule has 0 unspecified atom stereocenters. The van der Waals surface area contributed by atoms with E-state index in [9.17, 15) is 9.90 Å². The minimum absolute atomic E-state index is 0.103. The number of H-pyrrole nitrogens is 1. The Bertz CT molecular complexity index is 1230. The van der Waals surface area contributed by atoms with Gasteiger partial charge >= 0.3 is 0 Å². The van der Waals surface area contributed by atoms with Crippen molar-refractivity contribution in [2.45, 2.75) is 19.3 Å². The van der Waals surface area contributed by atoms with E-state index in [-0.39, 0.29) is 11.8 Å². The number of nitrogens with zero attached hydrogens (tertiary/aromatic N) is 4. The first-order chi connectivity index (χ1) is 15.2. The first-order valence-corrected chi connectivity index (χ1v) is 10.3. The minimum Gasteiger partial charge on any atom is -0.493 e. The fraction of sp³-hybridized carbons (Fsp3) is 0.217. The standard InChI is InChI=1S/C23H22N6O2/c30-21-7-5-17(13-25-21)26-23(31)22-19-11-15(4-6-20(19)27-28-22)16-10-18(14-24-12-16)29-8-2-1-3-9-29/h4-7,10-14H,1-3,8-9H2,(H,25,30)(H,26,31)(H,27,28). The summed E-state index contributed by atoms with van der Waals surface area (Å²) < 4.78 is 0. The van der Waals surface area contributed by atoms with Crippen LogP contribution < -0.4 is 10.2 Å². The number of anilines is 2. The average Bonchev–Trinajstić information content (AvgIpc) is 3.25. The molecule has 3 N–H and O–H groups in total. The number of benzene rings is 1. The first-order valence-electron chi connectivity index (χ1n) is 10.3. The topological polar surface area (TPSA) is 107 Å². The molecular formula is C23H22N6O2. The maximum atomic E-state index is 12.8. The number of fused-ring (bicyclic) bond motifs is 1. The second-order valence-corrected chi connectivity index (χ2v) is 7.67. The number of nitrogens with one attached hydrogen (secondary N) is 2.